The Balaban J connectivity index is 1.70. The number of nitrogens with one attached hydrogen (secondary N) is 2. The third-order valence-corrected chi connectivity index (χ3v) is 5.18. The van der Waals surface area contributed by atoms with Gasteiger partial charge in [0.2, 0.25) is 0 Å². The number of anilines is 2. The zero-order valence-electron chi connectivity index (χ0n) is 19.4. The highest BCUT2D eigenvalue weighted by molar-refractivity contribution is 5.94. The number of hydrogen-bond donors (Lipinski definition) is 2. The summed E-state index contributed by atoms with van der Waals surface area (Å²) in [6.07, 6.45) is 2.28. The number of benzene rings is 3. The highest BCUT2D eigenvalue weighted by atomic mass is 19.1. The van der Waals surface area contributed by atoms with E-state index in [0.29, 0.717) is 29.2 Å². The highest BCUT2D eigenvalue weighted by Gasteiger charge is 2.16. The van der Waals surface area contributed by atoms with Crippen LogP contribution >= 0.6 is 0 Å². The van der Waals surface area contributed by atoms with Crippen molar-refractivity contribution < 1.29 is 13.9 Å². The zero-order chi connectivity index (χ0) is 24.8. The van der Waals surface area contributed by atoms with Crippen LogP contribution in [-0.2, 0) is 0 Å². The zero-order valence-corrected chi connectivity index (χ0v) is 19.4. The van der Waals surface area contributed by atoms with E-state index in [0.717, 1.165) is 16.7 Å². The van der Waals surface area contributed by atoms with Crippen LogP contribution in [0.1, 0.15) is 29.3 Å². The number of amides is 1. The maximum absolute atomic E-state index is 13.4. The lowest BCUT2D eigenvalue weighted by Gasteiger charge is -2.15. The summed E-state index contributed by atoms with van der Waals surface area (Å²) >= 11 is 0. The molecule has 0 unspecified atom stereocenters. The first kappa shape index (κ1) is 23.7. The number of carbonyl (C=O) groups is 1. The van der Waals surface area contributed by atoms with Crippen molar-refractivity contribution in [3.63, 3.8) is 0 Å². The van der Waals surface area contributed by atoms with Gasteiger partial charge in [-0.3, -0.25) is 9.59 Å². The first-order chi connectivity index (χ1) is 16.9. The van der Waals surface area contributed by atoms with E-state index in [9.17, 15) is 14.0 Å². The molecule has 3 aromatic carbocycles. The van der Waals surface area contributed by atoms with Crippen LogP contribution in [0.2, 0.25) is 0 Å². The van der Waals surface area contributed by atoms with Crippen molar-refractivity contribution in [2.24, 2.45) is 0 Å². The average molecular weight is 473 g/mol. The van der Waals surface area contributed by atoms with Crippen molar-refractivity contribution in [1.82, 2.24) is 15.1 Å². The van der Waals surface area contributed by atoms with Crippen LogP contribution in [0.5, 0.6) is 11.5 Å². The molecule has 178 valence electrons. The van der Waals surface area contributed by atoms with Crippen molar-refractivity contribution in [1.29, 1.82) is 0 Å². The summed E-state index contributed by atoms with van der Waals surface area (Å²) in [5.74, 6) is 0.201. The van der Waals surface area contributed by atoms with Crippen LogP contribution in [0, 0.1) is 12.7 Å². The third kappa shape index (κ3) is 5.73. The second-order valence-corrected chi connectivity index (χ2v) is 7.95. The van der Waals surface area contributed by atoms with E-state index in [1.54, 1.807) is 30.3 Å². The van der Waals surface area contributed by atoms with E-state index in [1.807, 2.05) is 32.0 Å². The predicted molar refractivity (Wildman–Crippen MR) is 133 cm³/mol. The molecule has 35 heavy (non-hydrogen) atoms. The Kier molecular flexibility index (Phi) is 7.21. The minimum atomic E-state index is -0.480. The highest BCUT2D eigenvalue weighted by Crippen LogP contribution is 2.29. The third-order valence-electron chi connectivity index (χ3n) is 5.18. The molecule has 4 aromatic rings. The quantitative estimate of drug-likeness (QED) is 0.361. The summed E-state index contributed by atoms with van der Waals surface area (Å²) in [6, 6.07) is 19.6. The SMILES string of the molecule is CCCNC(=O)c1ccc(Nc2c(Oc3cccc(C)c3)cnn(-c3ccc(F)cc3)c2=O)cc1. The second kappa shape index (κ2) is 10.6. The number of aromatic nitrogens is 2. The molecule has 8 heteroatoms. The molecule has 1 aromatic heterocycles. The van der Waals surface area contributed by atoms with Gasteiger partial charge in [-0.2, -0.15) is 9.78 Å². The van der Waals surface area contributed by atoms with Gasteiger partial charge >= 0.3 is 0 Å². The van der Waals surface area contributed by atoms with Crippen molar-refractivity contribution in [3.8, 4) is 17.2 Å². The minimum Gasteiger partial charge on any atom is -0.453 e. The first-order valence-corrected chi connectivity index (χ1v) is 11.2. The monoisotopic (exact) mass is 472 g/mol. The van der Waals surface area contributed by atoms with E-state index in [4.69, 9.17) is 4.74 Å². The van der Waals surface area contributed by atoms with Gasteiger partial charge in [0.1, 0.15) is 11.6 Å². The number of rotatable bonds is 8. The fraction of sp³-hybridized carbons (Fsp3) is 0.148. The summed E-state index contributed by atoms with van der Waals surface area (Å²) in [4.78, 5) is 25.6. The summed E-state index contributed by atoms with van der Waals surface area (Å²) < 4.78 is 20.6. The smallest absolute Gasteiger partial charge is 0.299 e. The van der Waals surface area contributed by atoms with Gasteiger partial charge in [-0.15, -0.1) is 0 Å². The molecule has 0 aliphatic carbocycles. The Hall–Kier alpha value is -4.46. The van der Waals surface area contributed by atoms with Gasteiger partial charge < -0.3 is 15.4 Å². The largest absolute Gasteiger partial charge is 0.453 e. The number of nitrogens with zero attached hydrogens (tertiary/aromatic N) is 2. The van der Waals surface area contributed by atoms with Crippen molar-refractivity contribution in [2.45, 2.75) is 20.3 Å². The molecule has 1 heterocycles. The summed E-state index contributed by atoms with van der Waals surface area (Å²) in [5.41, 5.74) is 2.17. The molecule has 0 atom stereocenters. The van der Waals surface area contributed by atoms with Crippen LogP contribution in [0.4, 0.5) is 15.8 Å². The molecule has 0 fully saturated rings. The maximum atomic E-state index is 13.4. The lowest BCUT2D eigenvalue weighted by atomic mass is 10.2. The topological polar surface area (TPSA) is 85.2 Å². The lowest BCUT2D eigenvalue weighted by molar-refractivity contribution is 0.0953. The molecule has 7 nitrogen and oxygen atoms in total. The minimum absolute atomic E-state index is 0.147. The molecule has 1 amide bonds. The normalized spacial score (nSPS) is 10.6. The Morgan fingerprint density at radius 1 is 1.06 bits per heavy atom. The average Bonchev–Trinajstić information content (AvgIpc) is 2.86. The molecule has 0 aliphatic heterocycles. The molecular weight excluding hydrogens is 447 g/mol. The maximum Gasteiger partial charge on any atom is 0.299 e. The predicted octanol–water partition coefficient (Wildman–Crippen LogP) is 5.36. The molecule has 2 N–H and O–H groups in total. The first-order valence-electron chi connectivity index (χ1n) is 11.2. The molecule has 0 radical (unpaired) electrons. The fourth-order valence-corrected chi connectivity index (χ4v) is 3.39. The van der Waals surface area contributed by atoms with Crippen molar-refractivity contribution in [2.75, 3.05) is 11.9 Å². The Morgan fingerprint density at radius 2 is 1.80 bits per heavy atom. The Bertz CT molecular complexity index is 1380. The van der Waals surface area contributed by atoms with E-state index in [2.05, 4.69) is 15.7 Å². The van der Waals surface area contributed by atoms with Crippen LogP contribution in [0.3, 0.4) is 0 Å². The molecule has 0 spiro atoms. The number of ether oxygens (including phenoxy) is 1. The molecule has 0 saturated carbocycles. The fourth-order valence-electron chi connectivity index (χ4n) is 3.39. The molecule has 0 bridgehead atoms. The van der Waals surface area contributed by atoms with Crippen LogP contribution in [0.25, 0.3) is 5.69 Å². The van der Waals surface area contributed by atoms with E-state index in [-0.39, 0.29) is 17.3 Å². The summed E-state index contributed by atoms with van der Waals surface area (Å²) in [6.45, 7) is 4.52. The number of aryl methyl sites for hydroxylation is 1. The van der Waals surface area contributed by atoms with Gasteiger partial charge in [-0.1, -0.05) is 19.1 Å². The van der Waals surface area contributed by atoms with Crippen molar-refractivity contribution in [3.05, 3.63) is 106 Å². The second-order valence-electron chi connectivity index (χ2n) is 7.95. The Labute approximate surface area is 202 Å². The van der Waals surface area contributed by atoms with Gasteiger partial charge in [0, 0.05) is 17.8 Å². The van der Waals surface area contributed by atoms with Crippen LogP contribution < -0.4 is 20.9 Å². The lowest BCUT2D eigenvalue weighted by Crippen LogP contribution is -2.24. The van der Waals surface area contributed by atoms with Gasteiger partial charge in [-0.05, 0) is 79.6 Å². The molecular formula is C27H25FN4O3. The molecule has 0 saturated heterocycles. The van der Waals surface area contributed by atoms with Crippen molar-refractivity contribution >= 4 is 17.3 Å². The van der Waals surface area contributed by atoms with Gasteiger partial charge in [-0.25, -0.2) is 4.39 Å². The number of halogens is 1. The molecule has 0 aliphatic rings. The van der Waals surface area contributed by atoms with Gasteiger partial charge in [0.25, 0.3) is 11.5 Å². The van der Waals surface area contributed by atoms with E-state index >= 15 is 0 Å². The summed E-state index contributed by atoms with van der Waals surface area (Å²) in [7, 11) is 0. The van der Waals surface area contributed by atoms with Crippen LogP contribution in [-0.4, -0.2) is 22.2 Å². The standard InChI is InChI=1S/C27H25FN4O3/c1-3-15-29-26(33)19-7-11-21(12-8-19)31-25-24(35-23-6-4-5-18(2)16-23)17-30-32(27(25)34)22-13-9-20(28)10-14-22/h4-14,16-17,31H,3,15H2,1-2H3,(H,29,33). The molecule has 4 rings (SSSR count). The van der Waals surface area contributed by atoms with Gasteiger partial charge in [0.05, 0.1) is 11.9 Å². The van der Waals surface area contributed by atoms with E-state index < -0.39 is 11.4 Å². The number of hydrogen-bond acceptors (Lipinski definition) is 5. The summed E-state index contributed by atoms with van der Waals surface area (Å²) in [5, 5.41) is 10.2. The Morgan fingerprint density at radius 3 is 2.49 bits per heavy atom. The van der Waals surface area contributed by atoms with E-state index in [1.165, 1.54) is 30.5 Å². The van der Waals surface area contributed by atoms with Gasteiger partial charge in [0.15, 0.2) is 11.4 Å². The number of carbonyl (C=O) groups excluding carboxylic acids is 1. The van der Waals surface area contributed by atoms with Crippen LogP contribution in [0.15, 0.2) is 83.8 Å².